The molecule has 11 heteroatoms. The van der Waals surface area contributed by atoms with E-state index in [-0.39, 0.29) is 19.0 Å². The molecule has 1 aromatic heterocycles. The number of rotatable bonds is 6. The average Bonchev–Trinajstić information content (AvgIpc) is 3.24. The topological polar surface area (TPSA) is 105 Å². The van der Waals surface area contributed by atoms with Crippen molar-refractivity contribution in [2.75, 3.05) is 24.2 Å². The number of cyclic esters (lactones) is 1. The van der Waals surface area contributed by atoms with E-state index in [4.69, 9.17) is 16.3 Å². The van der Waals surface area contributed by atoms with Crippen LogP contribution in [0.1, 0.15) is 22.2 Å². The number of halogens is 1. The predicted octanol–water partition coefficient (Wildman–Crippen LogP) is 2.93. The van der Waals surface area contributed by atoms with Gasteiger partial charge in [-0.3, -0.25) is 9.69 Å². The lowest BCUT2D eigenvalue weighted by Gasteiger charge is -2.13. The maximum Gasteiger partial charge on any atom is 0.414 e. The SMILES string of the molecule is CC(=NS(C)(=O)=O)c1ccc(N2C[C@H](CNC(=O)c3ccc(Cl)s3)OC2=O)cc1. The highest BCUT2D eigenvalue weighted by molar-refractivity contribution is 7.89. The third kappa shape index (κ3) is 5.55. The smallest absolute Gasteiger partial charge is 0.414 e. The molecule has 1 aromatic carbocycles. The van der Waals surface area contributed by atoms with Gasteiger partial charge < -0.3 is 10.1 Å². The van der Waals surface area contributed by atoms with Crippen molar-refractivity contribution in [2.45, 2.75) is 13.0 Å². The van der Waals surface area contributed by atoms with Gasteiger partial charge in [0.2, 0.25) is 10.0 Å². The number of benzene rings is 1. The molecule has 1 saturated heterocycles. The normalized spacial score (nSPS) is 17.3. The highest BCUT2D eigenvalue weighted by Crippen LogP contribution is 2.23. The summed E-state index contributed by atoms with van der Waals surface area (Å²) >= 11 is 7.00. The first-order valence-corrected chi connectivity index (χ1v) is 11.6. The molecule has 0 bridgehead atoms. The minimum Gasteiger partial charge on any atom is -0.442 e. The lowest BCUT2D eigenvalue weighted by Crippen LogP contribution is -2.34. The van der Waals surface area contributed by atoms with E-state index in [1.54, 1.807) is 43.3 Å². The van der Waals surface area contributed by atoms with Gasteiger partial charge in [0.05, 0.1) is 34.3 Å². The largest absolute Gasteiger partial charge is 0.442 e. The summed E-state index contributed by atoms with van der Waals surface area (Å²) in [6.45, 7) is 2.05. The Bertz CT molecular complexity index is 1060. The lowest BCUT2D eigenvalue weighted by molar-refractivity contribution is 0.0920. The summed E-state index contributed by atoms with van der Waals surface area (Å²) in [6.07, 6.45) is 0.0182. The summed E-state index contributed by atoms with van der Waals surface area (Å²) in [5.74, 6) is -0.276. The van der Waals surface area contributed by atoms with E-state index in [1.807, 2.05) is 0 Å². The van der Waals surface area contributed by atoms with Crippen molar-refractivity contribution in [3.63, 3.8) is 0 Å². The van der Waals surface area contributed by atoms with Gasteiger partial charge in [0, 0.05) is 5.69 Å². The molecule has 1 fully saturated rings. The summed E-state index contributed by atoms with van der Waals surface area (Å²) in [5.41, 5.74) is 1.59. The average molecular weight is 456 g/mol. The van der Waals surface area contributed by atoms with E-state index in [0.717, 1.165) is 6.26 Å². The summed E-state index contributed by atoms with van der Waals surface area (Å²) in [4.78, 5) is 26.2. The van der Waals surface area contributed by atoms with Crippen LogP contribution in [-0.2, 0) is 14.8 Å². The molecule has 1 aliphatic rings. The van der Waals surface area contributed by atoms with Crippen LogP contribution in [0.15, 0.2) is 40.8 Å². The molecule has 2 heterocycles. The van der Waals surface area contributed by atoms with Crippen LogP contribution in [0.4, 0.5) is 10.5 Å². The molecule has 1 atom stereocenters. The van der Waals surface area contributed by atoms with E-state index in [1.165, 1.54) is 16.2 Å². The number of nitrogens with one attached hydrogen (secondary N) is 1. The predicted molar refractivity (Wildman–Crippen MR) is 113 cm³/mol. The van der Waals surface area contributed by atoms with E-state index in [0.29, 0.717) is 26.2 Å². The van der Waals surface area contributed by atoms with Crippen molar-refractivity contribution in [3.05, 3.63) is 51.2 Å². The van der Waals surface area contributed by atoms with Gasteiger partial charge >= 0.3 is 6.09 Å². The van der Waals surface area contributed by atoms with Crippen LogP contribution in [0.3, 0.4) is 0 Å². The highest BCUT2D eigenvalue weighted by Gasteiger charge is 2.32. The van der Waals surface area contributed by atoms with Crippen LogP contribution >= 0.6 is 22.9 Å². The minimum absolute atomic E-state index is 0.175. The summed E-state index contributed by atoms with van der Waals surface area (Å²) in [6, 6.07) is 10.0. The van der Waals surface area contributed by atoms with Crippen molar-refractivity contribution in [3.8, 4) is 0 Å². The van der Waals surface area contributed by atoms with E-state index < -0.39 is 22.2 Å². The minimum atomic E-state index is -3.48. The van der Waals surface area contributed by atoms with Gasteiger partial charge in [0.15, 0.2) is 0 Å². The lowest BCUT2D eigenvalue weighted by atomic mass is 10.1. The first kappa shape index (κ1) is 21.3. The molecule has 2 amide bonds. The molecule has 29 heavy (non-hydrogen) atoms. The number of hydrogen-bond acceptors (Lipinski definition) is 6. The van der Waals surface area contributed by atoms with Crippen LogP contribution in [0.2, 0.25) is 4.34 Å². The van der Waals surface area contributed by atoms with Crippen molar-refractivity contribution in [2.24, 2.45) is 4.40 Å². The number of carbonyl (C=O) groups excluding carboxylic acids is 2. The molecule has 3 rings (SSSR count). The van der Waals surface area contributed by atoms with Gasteiger partial charge in [-0.25, -0.2) is 13.2 Å². The first-order valence-electron chi connectivity index (χ1n) is 8.51. The Morgan fingerprint density at radius 1 is 1.31 bits per heavy atom. The number of nitrogens with zero attached hydrogens (tertiary/aromatic N) is 2. The molecule has 2 aromatic rings. The molecule has 1 aliphatic heterocycles. The van der Waals surface area contributed by atoms with Crippen molar-refractivity contribution in [1.29, 1.82) is 0 Å². The molecule has 1 N–H and O–H groups in total. The zero-order valence-electron chi connectivity index (χ0n) is 15.6. The van der Waals surface area contributed by atoms with Crippen LogP contribution in [0, 0.1) is 0 Å². The van der Waals surface area contributed by atoms with Crippen molar-refractivity contribution < 1.29 is 22.7 Å². The standard InChI is InChI=1S/C18H18ClN3O5S2/c1-11(21-29(2,25)26)12-3-5-13(6-4-12)22-10-14(27-18(22)24)9-20-17(23)15-7-8-16(19)28-15/h3-8,14H,9-10H2,1-2H3,(H,20,23)/t14-/m0/s1. The Labute approximate surface area is 177 Å². The maximum atomic E-state index is 12.2. The van der Waals surface area contributed by atoms with Gasteiger partial charge in [-0.15, -0.1) is 11.3 Å². The second-order valence-corrected chi connectivity index (χ2v) is 9.75. The second-order valence-electron chi connectivity index (χ2n) is 6.39. The quantitative estimate of drug-likeness (QED) is 0.674. The fourth-order valence-electron chi connectivity index (χ4n) is 2.75. The third-order valence-electron chi connectivity index (χ3n) is 4.06. The third-order valence-corrected chi connectivity index (χ3v) is 5.90. The fraction of sp³-hybridized carbons (Fsp3) is 0.278. The number of thiophene rings is 1. The number of carbonyl (C=O) groups is 2. The number of amides is 2. The summed E-state index contributed by atoms with van der Waals surface area (Å²) in [5, 5.41) is 2.73. The molecular weight excluding hydrogens is 438 g/mol. The Morgan fingerprint density at radius 3 is 2.59 bits per heavy atom. The molecule has 0 spiro atoms. The second kappa shape index (κ2) is 8.52. The fourth-order valence-corrected chi connectivity index (χ4v) is 4.32. The van der Waals surface area contributed by atoms with Crippen molar-refractivity contribution in [1.82, 2.24) is 5.32 Å². The highest BCUT2D eigenvalue weighted by atomic mass is 35.5. The monoisotopic (exact) mass is 455 g/mol. The van der Waals surface area contributed by atoms with Gasteiger partial charge in [-0.05, 0) is 36.8 Å². The molecule has 0 saturated carbocycles. The van der Waals surface area contributed by atoms with E-state index >= 15 is 0 Å². The molecule has 8 nitrogen and oxygen atoms in total. The maximum absolute atomic E-state index is 12.2. The van der Waals surface area contributed by atoms with Gasteiger partial charge in [-0.2, -0.15) is 4.40 Å². The Hall–Kier alpha value is -2.43. The van der Waals surface area contributed by atoms with Crippen LogP contribution < -0.4 is 10.2 Å². The Kier molecular flexibility index (Phi) is 6.25. The van der Waals surface area contributed by atoms with Gasteiger partial charge in [0.1, 0.15) is 6.10 Å². The first-order chi connectivity index (χ1) is 13.6. The van der Waals surface area contributed by atoms with Crippen LogP contribution in [-0.4, -0.2) is 51.6 Å². The number of hydrogen-bond donors (Lipinski definition) is 1. The van der Waals surface area contributed by atoms with Crippen LogP contribution in [0.5, 0.6) is 0 Å². The molecule has 0 radical (unpaired) electrons. The van der Waals surface area contributed by atoms with Gasteiger partial charge in [-0.1, -0.05) is 23.7 Å². The number of sulfonamides is 1. The number of anilines is 1. The summed E-state index contributed by atoms with van der Waals surface area (Å²) < 4.78 is 32.0. The van der Waals surface area contributed by atoms with E-state index in [2.05, 4.69) is 9.71 Å². The Balaban J connectivity index is 1.61. The Morgan fingerprint density at radius 2 is 2.00 bits per heavy atom. The van der Waals surface area contributed by atoms with Crippen LogP contribution in [0.25, 0.3) is 0 Å². The molecular formula is C18H18ClN3O5S2. The zero-order valence-corrected chi connectivity index (χ0v) is 18.0. The van der Waals surface area contributed by atoms with Gasteiger partial charge in [0.25, 0.3) is 5.91 Å². The van der Waals surface area contributed by atoms with E-state index in [9.17, 15) is 18.0 Å². The zero-order chi connectivity index (χ0) is 21.2. The summed E-state index contributed by atoms with van der Waals surface area (Å²) in [7, 11) is -3.48. The number of ether oxygens (including phenoxy) is 1. The van der Waals surface area contributed by atoms with Crippen molar-refractivity contribution >= 4 is 56.4 Å². The molecule has 0 unspecified atom stereocenters. The molecule has 154 valence electrons. The molecule has 0 aliphatic carbocycles.